The maximum Gasteiger partial charge on any atom is 0.217 e. The lowest BCUT2D eigenvalue weighted by molar-refractivity contribution is -0.308. The largest absolute Gasteiger partial charge is 0.394 e. The topological polar surface area (TPSA) is 128 Å². The standard InChI is InChI=1S/C27H36NO7/c1-3-4-15-34-27(23(19-11-7-5-8-12-19)20-13-9-6-10-14-20)16-21(31)24(28-18(2)30)26(35-27)25(33)22(32)17-29/h5-14,21-22,24-26,29,31-33H,3-4,15-17H2,1-2H3,(H,28,30)/t21-,22+,24+,25+,26+,27-/m0/s1. The van der Waals surface area contributed by atoms with Crippen molar-refractivity contribution in [2.24, 2.45) is 0 Å². The lowest BCUT2D eigenvalue weighted by Gasteiger charge is -2.51. The Kier molecular flexibility index (Phi) is 9.80. The Labute approximate surface area is 206 Å². The minimum Gasteiger partial charge on any atom is -0.394 e. The molecule has 2 aromatic carbocycles. The van der Waals surface area contributed by atoms with Gasteiger partial charge < -0.3 is 35.2 Å². The third-order valence-corrected chi connectivity index (χ3v) is 6.20. The summed E-state index contributed by atoms with van der Waals surface area (Å²) in [5, 5.41) is 44.6. The fourth-order valence-electron chi connectivity index (χ4n) is 4.51. The van der Waals surface area contributed by atoms with Gasteiger partial charge in [0.05, 0.1) is 31.3 Å². The zero-order valence-corrected chi connectivity index (χ0v) is 20.2. The van der Waals surface area contributed by atoms with Crippen molar-refractivity contribution in [3.05, 3.63) is 77.7 Å². The SMILES string of the molecule is CCCCO[C@@]1([C](c2ccccc2)c2ccccc2)C[C@H](O)[C@@H](NC(C)=O)[C@H]([C@H](O)[C@H](O)CO)O1. The molecule has 0 aliphatic carbocycles. The minimum atomic E-state index is -1.60. The number of unbranched alkanes of at least 4 members (excludes halogenated alkanes) is 1. The van der Waals surface area contributed by atoms with Crippen molar-refractivity contribution in [2.75, 3.05) is 13.2 Å². The monoisotopic (exact) mass is 486 g/mol. The van der Waals surface area contributed by atoms with Gasteiger partial charge in [-0.25, -0.2) is 0 Å². The molecule has 2 aromatic rings. The van der Waals surface area contributed by atoms with E-state index in [1.54, 1.807) is 0 Å². The predicted octanol–water partition coefficient (Wildman–Crippen LogP) is 1.54. The smallest absolute Gasteiger partial charge is 0.217 e. The number of hydrogen-bond donors (Lipinski definition) is 5. The fraction of sp³-hybridized carbons (Fsp3) is 0.481. The summed E-state index contributed by atoms with van der Waals surface area (Å²) in [5.74, 6) is -1.28. The first-order valence-electron chi connectivity index (χ1n) is 12.0. The summed E-state index contributed by atoms with van der Waals surface area (Å²) in [6.07, 6.45) is -4.02. The highest BCUT2D eigenvalue weighted by molar-refractivity contribution is 5.73. The summed E-state index contributed by atoms with van der Waals surface area (Å²) in [5.41, 5.74) is 1.60. The van der Waals surface area contributed by atoms with Crippen LogP contribution in [0.25, 0.3) is 0 Å². The Balaban J connectivity index is 2.15. The molecule has 5 N–H and O–H groups in total. The van der Waals surface area contributed by atoms with Crippen LogP contribution >= 0.6 is 0 Å². The van der Waals surface area contributed by atoms with Crippen LogP contribution in [0.1, 0.15) is 44.2 Å². The van der Waals surface area contributed by atoms with E-state index in [-0.39, 0.29) is 6.42 Å². The number of rotatable bonds is 11. The summed E-state index contributed by atoms with van der Waals surface area (Å²) >= 11 is 0. The van der Waals surface area contributed by atoms with E-state index in [4.69, 9.17) is 9.47 Å². The first-order valence-corrected chi connectivity index (χ1v) is 12.0. The first kappa shape index (κ1) is 27.3. The molecule has 0 spiro atoms. The van der Waals surface area contributed by atoms with Crippen LogP contribution in [0.5, 0.6) is 0 Å². The van der Waals surface area contributed by atoms with E-state index in [2.05, 4.69) is 5.32 Å². The quantitative estimate of drug-likeness (QED) is 0.305. The Morgan fingerprint density at radius 2 is 1.69 bits per heavy atom. The van der Waals surface area contributed by atoms with E-state index in [0.29, 0.717) is 12.5 Å². The van der Waals surface area contributed by atoms with Crippen molar-refractivity contribution in [1.29, 1.82) is 0 Å². The van der Waals surface area contributed by atoms with Crippen LogP contribution in [0.15, 0.2) is 60.7 Å². The van der Waals surface area contributed by atoms with E-state index < -0.39 is 48.8 Å². The predicted molar refractivity (Wildman–Crippen MR) is 130 cm³/mol. The molecule has 1 radical (unpaired) electrons. The Morgan fingerprint density at radius 1 is 1.11 bits per heavy atom. The van der Waals surface area contributed by atoms with Crippen molar-refractivity contribution >= 4 is 5.91 Å². The second-order valence-corrected chi connectivity index (χ2v) is 8.88. The molecule has 0 saturated carbocycles. The number of carbonyl (C=O) groups is 1. The summed E-state index contributed by atoms with van der Waals surface area (Å²) < 4.78 is 12.9. The molecule has 8 nitrogen and oxygen atoms in total. The molecule has 1 saturated heterocycles. The molecule has 191 valence electrons. The fourth-order valence-corrected chi connectivity index (χ4v) is 4.51. The molecule has 3 rings (SSSR count). The number of amides is 1. The molecule has 6 atom stereocenters. The van der Waals surface area contributed by atoms with Gasteiger partial charge in [-0.05, 0) is 17.5 Å². The average Bonchev–Trinajstić information content (AvgIpc) is 2.86. The summed E-state index contributed by atoms with van der Waals surface area (Å²) in [6.45, 7) is 2.93. The molecular weight excluding hydrogens is 450 g/mol. The van der Waals surface area contributed by atoms with Crippen molar-refractivity contribution in [3.8, 4) is 0 Å². The third kappa shape index (κ3) is 6.46. The molecule has 1 aliphatic rings. The van der Waals surface area contributed by atoms with E-state index in [0.717, 1.165) is 24.0 Å². The molecule has 0 aromatic heterocycles. The molecule has 0 bridgehead atoms. The highest BCUT2D eigenvalue weighted by Gasteiger charge is 2.55. The van der Waals surface area contributed by atoms with Gasteiger partial charge in [0.2, 0.25) is 5.91 Å². The van der Waals surface area contributed by atoms with Crippen LogP contribution < -0.4 is 5.32 Å². The first-order chi connectivity index (χ1) is 16.8. The zero-order chi connectivity index (χ0) is 25.4. The van der Waals surface area contributed by atoms with Gasteiger partial charge in [0.25, 0.3) is 0 Å². The van der Waals surface area contributed by atoms with E-state index >= 15 is 0 Å². The number of aliphatic hydroxyl groups excluding tert-OH is 4. The number of hydrogen-bond acceptors (Lipinski definition) is 7. The maximum atomic E-state index is 11.9. The number of carbonyl (C=O) groups excluding carboxylic acids is 1. The molecule has 35 heavy (non-hydrogen) atoms. The lowest BCUT2D eigenvalue weighted by Crippen LogP contribution is -2.67. The van der Waals surface area contributed by atoms with Gasteiger partial charge in [-0.3, -0.25) is 4.79 Å². The number of ether oxygens (including phenoxy) is 2. The van der Waals surface area contributed by atoms with Crippen molar-refractivity contribution in [3.63, 3.8) is 0 Å². The van der Waals surface area contributed by atoms with Gasteiger partial charge in [-0.2, -0.15) is 0 Å². The van der Waals surface area contributed by atoms with Gasteiger partial charge in [-0.15, -0.1) is 0 Å². The average molecular weight is 487 g/mol. The summed E-state index contributed by atoms with van der Waals surface area (Å²) in [4.78, 5) is 11.9. The van der Waals surface area contributed by atoms with Gasteiger partial charge in [-0.1, -0.05) is 74.0 Å². The Morgan fingerprint density at radius 3 is 2.17 bits per heavy atom. The normalized spacial score (nSPS) is 26.3. The zero-order valence-electron chi connectivity index (χ0n) is 20.2. The van der Waals surface area contributed by atoms with Crippen molar-refractivity contribution < 1.29 is 34.7 Å². The second kappa shape index (κ2) is 12.6. The molecule has 8 heteroatoms. The maximum absolute atomic E-state index is 11.9. The van der Waals surface area contributed by atoms with E-state index in [1.807, 2.05) is 67.6 Å². The van der Waals surface area contributed by atoms with Crippen molar-refractivity contribution in [1.82, 2.24) is 5.32 Å². The molecule has 1 fully saturated rings. The van der Waals surface area contributed by atoms with Crippen molar-refractivity contribution in [2.45, 2.75) is 69.4 Å². The highest BCUT2D eigenvalue weighted by Crippen LogP contribution is 2.45. The second-order valence-electron chi connectivity index (χ2n) is 8.88. The van der Waals surface area contributed by atoms with Gasteiger partial charge in [0, 0.05) is 13.3 Å². The van der Waals surface area contributed by atoms with Crippen LogP contribution in [0.4, 0.5) is 0 Å². The molecule has 0 unspecified atom stereocenters. The van der Waals surface area contributed by atoms with Gasteiger partial charge in [0.15, 0.2) is 5.79 Å². The van der Waals surface area contributed by atoms with E-state index in [1.165, 1.54) is 6.92 Å². The summed E-state index contributed by atoms with van der Waals surface area (Å²) in [7, 11) is 0. The van der Waals surface area contributed by atoms with Crippen LogP contribution in [0.2, 0.25) is 0 Å². The van der Waals surface area contributed by atoms with Crippen LogP contribution in [-0.2, 0) is 14.3 Å². The van der Waals surface area contributed by atoms with Crippen LogP contribution in [-0.4, -0.2) is 75.8 Å². The Bertz CT molecular complexity index is 873. The Hall–Kier alpha value is -2.33. The summed E-state index contributed by atoms with van der Waals surface area (Å²) in [6, 6.07) is 18.0. The molecular formula is C27H36NO7. The third-order valence-electron chi connectivity index (χ3n) is 6.20. The van der Waals surface area contributed by atoms with Crippen LogP contribution in [0.3, 0.4) is 0 Å². The lowest BCUT2D eigenvalue weighted by atomic mass is 9.77. The highest BCUT2D eigenvalue weighted by atomic mass is 16.7. The van der Waals surface area contributed by atoms with Crippen LogP contribution in [0, 0.1) is 5.92 Å². The van der Waals surface area contributed by atoms with Gasteiger partial charge in [0.1, 0.15) is 18.3 Å². The number of aliphatic hydroxyl groups is 4. The van der Waals surface area contributed by atoms with Gasteiger partial charge >= 0.3 is 0 Å². The number of benzene rings is 2. The minimum absolute atomic E-state index is 0.0285. The van der Waals surface area contributed by atoms with E-state index in [9.17, 15) is 25.2 Å². The molecule has 1 aliphatic heterocycles. The number of nitrogens with one attached hydrogen (secondary N) is 1. The molecule has 1 heterocycles. The molecule has 1 amide bonds.